The molecule has 1 aliphatic heterocycles. The molecule has 1 atom stereocenters. The largest absolute Gasteiger partial charge is 0.508 e. The smallest absolute Gasteiger partial charge is 0.263 e. The second-order valence-electron chi connectivity index (χ2n) is 10.6. The number of hydrogen-bond donors (Lipinski definition) is 1. The van der Waals surface area contributed by atoms with Crippen LogP contribution in [-0.2, 0) is 11.3 Å². The predicted octanol–water partition coefficient (Wildman–Crippen LogP) is 6.58. The molecule has 0 spiro atoms. The van der Waals surface area contributed by atoms with Crippen LogP contribution in [0.4, 0.5) is 0 Å². The number of nitrogens with zero attached hydrogens (tertiary/aromatic N) is 5. The second-order valence-corrected chi connectivity index (χ2v) is 10.6. The van der Waals surface area contributed by atoms with Gasteiger partial charge in [0.15, 0.2) is 11.4 Å². The number of hydrazone groups is 1. The Bertz CT molecular complexity index is 2230. The van der Waals surface area contributed by atoms with E-state index >= 15 is 0 Å². The highest BCUT2D eigenvalue weighted by atomic mass is 16.5. The lowest BCUT2D eigenvalue weighted by molar-refractivity contribution is -0.133. The van der Waals surface area contributed by atoms with Crippen LogP contribution in [0.5, 0.6) is 11.5 Å². The molecule has 0 bridgehead atoms. The van der Waals surface area contributed by atoms with Gasteiger partial charge in [-0.2, -0.15) is 5.10 Å². The number of carbonyl (C=O) groups excluding carboxylic acids is 1. The number of furan rings is 1. The molecule has 9 nitrogen and oxygen atoms in total. The maximum absolute atomic E-state index is 14.2. The number of amides is 1. The van der Waals surface area contributed by atoms with Gasteiger partial charge in [0.2, 0.25) is 0 Å². The molecule has 4 aromatic carbocycles. The first-order chi connectivity index (χ1) is 21.1. The number of hydrogen-bond acceptors (Lipinski definition) is 7. The second kappa shape index (κ2) is 9.70. The van der Waals surface area contributed by atoms with Crippen molar-refractivity contribution < 1.29 is 19.1 Å². The van der Waals surface area contributed by atoms with Gasteiger partial charge in [0, 0.05) is 17.2 Å². The van der Waals surface area contributed by atoms with Crippen LogP contribution in [0.2, 0.25) is 0 Å². The van der Waals surface area contributed by atoms with Gasteiger partial charge in [-0.05, 0) is 60.2 Å². The zero-order chi connectivity index (χ0) is 29.1. The minimum Gasteiger partial charge on any atom is -0.508 e. The van der Waals surface area contributed by atoms with Crippen molar-refractivity contribution in [2.75, 3.05) is 7.11 Å². The minimum absolute atomic E-state index is 0.0223. The lowest BCUT2D eigenvalue weighted by Crippen LogP contribution is -2.30. The summed E-state index contributed by atoms with van der Waals surface area (Å²) < 4.78 is 13.4. The Hall–Kier alpha value is -5.70. The molecule has 1 unspecified atom stereocenters. The molecule has 1 amide bonds. The van der Waals surface area contributed by atoms with Crippen molar-refractivity contribution in [1.82, 2.24) is 19.5 Å². The van der Waals surface area contributed by atoms with E-state index in [1.54, 1.807) is 30.3 Å². The van der Waals surface area contributed by atoms with E-state index in [1.807, 2.05) is 83.4 Å². The van der Waals surface area contributed by atoms with Crippen molar-refractivity contribution in [2.45, 2.75) is 19.0 Å². The number of rotatable bonds is 5. The Morgan fingerprint density at radius 2 is 1.72 bits per heavy atom. The van der Waals surface area contributed by atoms with Gasteiger partial charge in [-0.3, -0.25) is 4.79 Å². The van der Waals surface area contributed by atoms with Gasteiger partial charge in [0.25, 0.3) is 5.91 Å². The van der Waals surface area contributed by atoms with E-state index in [0.29, 0.717) is 29.1 Å². The van der Waals surface area contributed by atoms with E-state index in [-0.39, 0.29) is 24.2 Å². The van der Waals surface area contributed by atoms with E-state index in [1.165, 1.54) is 0 Å². The molecule has 4 heterocycles. The highest BCUT2D eigenvalue weighted by molar-refractivity contribution is 6.07. The summed E-state index contributed by atoms with van der Waals surface area (Å²) in [7, 11) is 1.62. The molecule has 43 heavy (non-hydrogen) atoms. The van der Waals surface area contributed by atoms with Crippen molar-refractivity contribution in [2.24, 2.45) is 5.10 Å². The number of aromatic hydroxyl groups is 1. The lowest BCUT2D eigenvalue weighted by atomic mass is 10.0. The van der Waals surface area contributed by atoms with E-state index in [4.69, 9.17) is 24.2 Å². The zero-order valence-corrected chi connectivity index (χ0v) is 23.1. The van der Waals surface area contributed by atoms with Gasteiger partial charge in [0.05, 0.1) is 29.7 Å². The first-order valence-electron chi connectivity index (χ1n) is 14.0. The third-order valence-corrected chi connectivity index (χ3v) is 8.00. The molecule has 1 aliphatic rings. The zero-order valence-electron chi connectivity index (χ0n) is 23.1. The fourth-order valence-corrected chi connectivity index (χ4v) is 5.90. The summed E-state index contributed by atoms with van der Waals surface area (Å²) in [5.41, 5.74) is 6.06. The summed E-state index contributed by atoms with van der Waals surface area (Å²) in [6.07, 6.45) is 0.460. The SMILES string of the molecule is COc1ccc(C2CC(c3cc4cc(O)ccc4o3)=NN2C(=O)Cn2c3ccccc3c3nc4ccccc4nc32)cc1. The van der Waals surface area contributed by atoms with Gasteiger partial charge in [-0.25, -0.2) is 15.0 Å². The number of methoxy groups -OCH3 is 1. The Morgan fingerprint density at radius 1 is 0.953 bits per heavy atom. The molecule has 9 heteroatoms. The molecule has 0 saturated carbocycles. The molecular formula is C34H25N5O4. The highest BCUT2D eigenvalue weighted by Gasteiger charge is 2.35. The summed E-state index contributed by atoms with van der Waals surface area (Å²) >= 11 is 0. The summed E-state index contributed by atoms with van der Waals surface area (Å²) in [6, 6.07) is 29.8. The first kappa shape index (κ1) is 25.0. The number of carbonyl (C=O) groups is 1. The number of phenolic OH excluding ortho intramolecular Hbond substituents is 1. The third kappa shape index (κ3) is 4.16. The number of para-hydroxylation sites is 3. The molecule has 0 aliphatic carbocycles. The standard InChI is InChI=1S/C34H25N5O4/c1-42-23-13-10-20(11-14-23)29-18-27(31-17-21-16-22(40)12-15-30(21)43-31)37-39(29)32(41)19-38-28-9-5-2-6-24(28)33-34(38)36-26-8-4-3-7-25(26)35-33/h2-17,29,40H,18-19H2,1H3. The number of benzene rings is 4. The van der Waals surface area contributed by atoms with Crippen molar-refractivity contribution in [3.8, 4) is 11.5 Å². The Balaban J connectivity index is 1.22. The van der Waals surface area contributed by atoms with E-state index < -0.39 is 0 Å². The average Bonchev–Trinajstić information content (AvgIpc) is 3.75. The topological polar surface area (TPSA) is 106 Å². The molecule has 1 N–H and O–H groups in total. The summed E-state index contributed by atoms with van der Waals surface area (Å²) in [5, 5.41) is 18.0. The van der Waals surface area contributed by atoms with Gasteiger partial charge in [-0.1, -0.05) is 42.5 Å². The van der Waals surface area contributed by atoms with Crippen LogP contribution in [0.15, 0.2) is 107 Å². The number of fused-ring (bicyclic) bond motifs is 5. The van der Waals surface area contributed by atoms with E-state index in [2.05, 4.69) is 0 Å². The van der Waals surface area contributed by atoms with Crippen molar-refractivity contribution >= 4 is 55.7 Å². The molecule has 0 saturated heterocycles. The van der Waals surface area contributed by atoms with Crippen LogP contribution in [0.25, 0.3) is 44.1 Å². The fraction of sp³-hybridized carbons (Fsp3) is 0.118. The third-order valence-electron chi connectivity index (χ3n) is 8.00. The molecule has 210 valence electrons. The number of ether oxygens (including phenoxy) is 1. The van der Waals surface area contributed by atoms with E-state index in [0.717, 1.165) is 44.2 Å². The summed E-state index contributed by atoms with van der Waals surface area (Å²) in [4.78, 5) is 24.1. The molecule has 0 radical (unpaired) electrons. The molecule has 3 aromatic heterocycles. The molecule has 0 fully saturated rings. The van der Waals surface area contributed by atoms with Crippen LogP contribution >= 0.6 is 0 Å². The summed E-state index contributed by atoms with van der Waals surface area (Å²) in [6.45, 7) is 0.0223. The quantitative estimate of drug-likeness (QED) is 0.252. The Labute approximate surface area is 245 Å². The Morgan fingerprint density at radius 3 is 2.53 bits per heavy atom. The molecular weight excluding hydrogens is 542 g/mol. The number of aromatic nitrogens is 3. The lowest BCUT2D eigenvalue weighted by Gasteiger charge is -2.22. The van der Waals surface area contributed by atoms with Crippen LogP contribution in [0.1, 0.15) is 23.8 Å². The van der Waals surface area contributed by atoms with Crippen molar-refractivity contribution in [1.29, 1.82) is 0 Å². The van der Waals surface area contributed by atoms with Crippen LogP contribution < -0.4 is 4.74 Å². The maximum Gasteiger partial charge on any atom is 0.263 e. The van der Waals surface area contributed by atoms with Crippen LogP contribution in [-0.4, -0.2) is 43.4 Å². The van der Waals surface area contributed by atoms with Crippen LogP contribution in [0, 0.1) is 0 Å². The van der Waals surface area contributed by atoms with Crippen molar-refractivity contribution in [3.05, 3.63) is 108 Å². The van der Waals surface area contributed by atoms with Gasteiger partial charge in [0.1, 0.15) is 34.9 Å². The maximum atomic E-state index is 14.2. The normalized spacial score (nSPS) is 15.1. The summed E-state index contributed by atoms with van der Waals surface area (Å²) in [5.74, 6) is 1.25. The highest BCUT2D eigenvalue weighted by Crippen LogP contribution is 2.36. The average molecular weight is 568 g/mol. The van der Waals surface area contributed by atoms with Gasteiger partial charge in [-0.15, -0.1) is 0 Å². The van der Waals surface area contributed by atoms with Crippen LogP contribution in [0.3, 0.4) is 0 Å². The Kier molecular flexibility index (Phi) is 5.65. The number of phenols is 1. The van der Waals surface area contributed by atoms with Gasteiger partial charge < -0.3 is 18.8 Å². The minimum atomic E-state index is -0.352. The first-order valence-corrected chi connectivity index (χ1v) is 14.0. The molecule has 7 aromatic rings. The van der Waals surface area contributed by atoms with E-state index in [9.17, 15) is 9.90 Å². The monoisotopic (exact) mass is 567 g/mol. The fourth-order valence-electron chi connectivity index (χ4n) is 5.90. The van der Waals surface area contributed by atoms with Gasteiger partial charge >= 0.3 is 0 Å². The predicted molar refractivity (Wildman–Crippen MR) is 164 cm³/mol. The molecule has 8 rings (SSSR count). The van der Waals surface area contributed by atoms with Crippen molar-refractivity contribution in [3.63, 3.8) is 0 Å².